The third-order valence-corrected chi connectivity index (χ3v) is 3.64. The maximum absolute atomic E-state index is 12.3. The van der Waals surface area contributed by atoms with Crippen LogP contribution >= 0.6 is 0 Å². The number of nitrogens with one attached hydrogen (secondary N) is 1. The van der Waals surface area contributed by atoms with Crippen LogP contribution in [0.5, 0.6) is 0 Å². The summed E-state index contributed by atoms with van der Waals surface area (Å²) in [6.45, 7) is 3.39. The fourth-order valence-electron chi connectivity index (χ4n) is 2.36. The molecule has 1 heterocycles. The van der Waals surface area contributed by atoms with Gasteiger partial charge in [0.25, 0.3) is 0 Å². The fourth-order valence-corrected chi connectivity index (χ4v) is 2.36. The standard InChI is InChI=1S/C15H19N3O3/c1-11(18-6-7-21-10-14(18)9-19)15(20)17-13-4-2-12(8-16)3-5-13/h2-5,11,14,19H,6-7,9-10H2,1H3,(H,17,20). The van der Waals surface area contributed by atoms with Gasteiger partial charge in [-0.15, -0.1) is 0 Å². The Morgan fingerprint density at radius 3 is 2.90 bits per heavy atom. The van der Waals surface area contributed by atoms with Crippen LogP contribution in [0.2, 0.25) is 0 Å². The van der Waals surface area contributed by atoms with E-state index in [0.717, 1.165) is 0 Å². The number of anilines is 1. The summed E-state index contributed by atoms with van der Waals surface area (Å²) in [5, 5.41) is 20.9. The molecule has 0 aliphatic carbocycles. The molecule has 0 radical (unpaired) electrons. The van der Waals surface area contributed by atoms with E-state index in [4.69, 9.17) is 10.00 Å². The molecule has 0 saturated carbocycles. The normalized spacial score (nSPS) is 20.5. The second kappa shape index (κ2) is 7.18. The van der Waals surface area contributed by atoms with Crippen molar-refractivity contribution in [2.75, 3.05) is 31.7 Å². The SMILES string of the molecule is CC(C(=O)Nc1ccc(C#N)cc1)N1CCOCC1CO. The first-order chi connectivity index (χ1) is 10.2. The van der Waals surface area contributed by atoms with Gasteiger partial charge >= 0.3 is 0 Å². The quantitative estimate of drug-likeness (QED) is 0.847. The average Bonchev–Trinajstić information content (AvgIpc) is 2.54. The third-order valence-electron chi connectivity index (χ3n) is 3.64. The van der Waals surface area contributed by atoms with Gasteiger partial charge in [-0.05, 0) is 31.2 Å². The van der Waals surface area contributed by atoms with E-state index in [9.17, 15) is 9.90 Å². The number of carbonyl (C=O) groups excluding carboxylic acids is 1. The predicted octanol–water partition coefficient (Wildman–Crippen LogP) is 0.578. The summed E-state index contributed by atoms with van der Waals surface area (Å²) in [5.74, 6) is -0.139. The highest BCUT2D eigenvalue weighted by Crippen LogP contribution is 2.14. The highest BCUT2D eigenvalue weighted by Gasteiger charge is 2.30. The molecular weight excluding hydrogens is 270 g/mol. The third kappa shape index (κ3) is 3.79. The van der Waals surface area contributed by atoms with E-state index in [1.807, 2.05) is 17.9 Å². The lowest BCUT2D eigenvalue weighted by Crippen LogP contribution is -2.54. The van der Waals surface area contributed by atoms with Crippen LogP contribution < -0.4 is 5.32 Å². The molecule has 0 bridgehead atoms. The highest BCUT2D eigenvalue weighted by molar-refractivity contribution is 5.94. The van der Waals surface area contributed by atoms with Gasteiger partial charge in [0.2, 0.25) is 5.91 Å². The summed E-state index contributed by atoms with van der Waals surface area (Å²) >= 11 is 0. The first kappa shape index (κ1) is 15.4. The van der Waals surface area contributed by atoms with E-state index in [-0.39, 0.29) is 24.6 Å². The van der Waals surface area contributed by atoms with E-state index in [1.165, 1.54) is 0 Å². The minimum atomic E-state index is -0.360. The Morgan fingerprint density at radius 2 is 2.29 bits per heavy atom. The van der Waals surface area contributed by atoms with Crippen molar-refractivity contribution < 1.29 is 14.6 Å². The van der Waals surface area contributed by atoms with Gasteiger partial charge in [-0.2, -0.15) is 5.26 Å². The van der Waals surface area contributed by atoms with Crippen molar-refractivity contribution in [1.82, 2.24) is 4.90 Å². The molecule has 2 atom stereocenters. The summed E-state index contributed by atoms with van der Waals surface area (Å²) in [7, 11) is 0. The first-order valence-corrected chi connectivity index (χ1v) is 6.91. The van der Waals surface area contributed by atoms with Crippen molar-refractivity contribution in [3.8, 4) is 6.07 Å². The topological polar surface area (TPSA) is 85.6 Å². The van der Waals surface area contributed by atoms with E-state index < -0.39 is 0 Å². The molecule has 1 amide bonds. The Balaban J connectivity index is 1.99. The van der Waals surface area contributed by atoms with Crippen LogP contribution in [-0.2, 0) is 9.53 Å². The molecule has 1 aromatic rings. The number of morpholine rings is 1. The average molecular weight is 289 g/mol. The molecule has 1 aliphatic heterocycles. The summed E-state index contributed by atoms with van der Waals surface area (Å²) in [6, 6.07) is 8.24. The van der Waals surface area contributed by atoms with Gasteiger partial charge in [-0.1, -0.05) is 0 Å². The first-order valence-electron chi connectivity index (χ1n) is 6.91. The Morgan fingerprint density at radius 1 is 1.57 bits per heavy atom. The molecule has 112 valence electrons. The van der Waals surface area contributed by atoms with Gasteiger partial charge < -0.3 is 15.2 Å². The maximum Gasteiger partial charge on any atom is 0.241 e. The molecule has 1 aliphatic rings. The van der Waals surface area contributed by atoms with Crippen LogP contribution in [0, 0.1) is 11.3 Å². The minimum absolute atomic E-state index is 0.0332. The number of hydrogen-bond acceptors (Lipinski definition) is 5. The molecule has 6 heteroatoms. The van der Waals surface area contributed by atoms with E-state index in [0.29, 0.717) is 31.0 Å². The Hall–Kier alpha value is -1.94. The molecule has 1 fully saturated rings. The second-order valence-electron chi connectivity index (χ2n) is 5.00. The smallest absolute Gasteiger partial charge is 0.241 e. The van der Waals surface area contributed by atoms with Gasteiger partial charge in [0.1, 0.15) is 0 Å². The van der Waals surface area contributed by atoms with Crippen LogP contribution in [0.25, 0.3) is 0 Å². The Kier molecular flexibility index (Phi) is 5.28. The van der Waals surface area contributed by atoms with Crippen LogP contribution in [0.15, 0.2) is 24.3 Å². The number of aliphatic hydroxyl groups is 1. The van der Waals surface area contributed by atoms with Crippen molar-refractivity contribution >= 4 is 11.6 Å². The van der Waals surface area contributed by atoms with Gasteiger partial charge in [0.15, 0.2) is 0 Å². The number of amides is 1. The van der Waals surface area contributed by atoms with E-state index >= 15 is 0 Å². The largest absolute Gasteiger partial charge is 0.395 e. The lowest BCUT2D eigenvalue weighted by molar-refractivity contribution is -0.125. The van der Waals surface area contributed by atoms with Crippen LogP contribution in [-0.4, -0.2) is 54.4 Å². The number of nitriles is 1. The lowest BCUT2D eigenvalue weighted by atomic mass is 10.1. The van der Waals surface area contributed by atoms with Crippen molar-refractivity contribution in [3.05, 3.63) is 29.8 Å². The number of nitrogens with zero attached hydrogens (tertiary/aromatic N) is 2. The summed E-state index contributed by atoms with van der Waals surface area (Å²) < 4.78 is 5.31. The zero-order chi connectivity index (χ0) is 15.2. The Labute approximate surface area is 123 Å². The molecule has 1 saturated heterocycles. The van der Waals surface area contributed by atoms with Gasteiger partial charge in [0, 0.05) is 12.2 Å². The number of hydrogen-bond donors (Lipinski definition) is 2. The van der Waals surface area contributed by atoms with E-state index in [2.05, 4.69) is 5.32 Å². The zero-order valence-electron chi connectivity index (χ0n) is 12.0. The van der Waals surface area contributed by atoms with Gasteiger partial charge in [-0.3, -0.25) is 9.69 Å². The monoisotopic (exact) mass is 289 g/mol. The summed E-state index contributed by atoms with van der Waals surface area (Å²) in [6.07, 6.45) is 0. The number of aliphatic hydroxyl groups excluding tert-OH is 1. The molecule has 2 N–H and O–H groups in total. The Bertz CT molecular complexity index is 524. The molecular formula is C15H19N3O3. The molecule has 1 aromatic carbocycles. The van der Waals surface area contributed by atoms with Crippen molar-refractivity contribution in [2.24, 2.45) is 0 Å². The number of carbonyl (C=O) groups is 1. The summed E-state index contributed by atoms with van der Waals surface area (Å²) in [4.78, 5) is 14.2. The van der Waals surface area contributed by atoms with Crippen molar-refractivity contribution in [1.29, 1.82) is 5.26 Å². The second-order valence-corrected chi connectivity index (χ2v) is 5.00. The number of rotatable bonds is 4. The zero-order valence-corrected chi connectivity index (χ0v) is 12.0. The number of ether oxygens (including phenoxy) is 1. The van der Waals surface area contributed by atoms with E-state index in [1.54, 1.807) is 24.3 Å². The predicted molar refractivity (Wildman–Crippen MR) is 77.6 cm³/mol. The highest BCUT2D eigenvalue weighted by atomic mass is 16.5. The molecule has 0 aromatic heterocycles. The minimum Gasteiger partial charge on any atom is -0.395 e. The molecule has 2 unspecified atom stereocenters. The van der Waals surface area contributed by atoms with Crippen LogP contribution in [0.4, 0.5) is 5.69 Å². The summed E-state index contributed by atoms with van der Waals surface area (Å²) in [5.41, 5.74) is 1.20. The van der Waals surface area contributed by atoms with Crippen molar-refractivity contribution in [2.45, 2.75) is 19.0 Å². The van der Waals surface area contributed by atoms with Gasteiger partial charge in [0.05, 0.1) is 43.5 Å². The van der Waals surface area contributed by atoms with Gasteiger partial charge in [-0.25, -0.2) is 0 Å². The van der Waals surface area contributed by atoms with Crippen LogP contribution in [0.1, 0.15) is 12.5 Å². The van der Waals surface area contributed by atoms with Crippen molar-refractivity contribution in [3.63, 3.8) is 0 Å². The molecule has 21 heavy (non-hydrogen) atoms. The fraction of sp³-hybridized carbons (Fsp3) is 0.467. The maximum atomic E-state index is 12.3. The lowest BCUT2D eigenvalue weighted by Gasteiger charge is -2.37. The molecule has 0 spiro atoms. The molecule has 2 rings (SSSR count). The molecule has 6 nitrogen and oxygen atoms in total. The number of benzene rings is 1. The van der Waals surface area contributed by atoms with Crippen LogP contribution in [0.3, 0.4) is 0 Å².